The molecule has 0 spiro atoms. The number of benzene rings is 2. The number of ketones is 1. The van der Waals surface area contributed by atoms with Crippen LogP contribution in [-0.4, -0.2) is 60.8 Å². The molecule has 2 aromatic rings. The average molecular weight is 570 g/mol. The first-order valence-corrected chi connectivity index (χ1v) is 12.2. The van der Waals surface area contributed by atoms with Gasteiger partial charge in [-0.1, -0.05) is 6.07 Å². The molecule has 2 aromatic carbocycles. The number of hydrogen-bond donors (Lipinski definition) is 2. The summed E-state index contributed by atoms with van der Waals surface area (Å²) < 4.78 is 59.8. The number of hydrogen-bond acceptors (Lipinski definition) is 9. The molecule has 0 saturated carbocycles. The Bertz CT molecular complexity index is 1240. The number of Topliss-reactive ketones (excluding diaryl/α,β-unsaturated/α-hetero) is 1. The van der Waals surface area contributed by atoms with Crippen molar-refractivity contribution in [3.05, 3.63) is 47.0 Å². The highest BCUT2D eigenvalue weighted by Gasteiger charge is 2.29. The fraction of sp³-hybridized carbons (Fsp3) is 0.407. The molecule has 40 heavy (non-hydrogen) atoms. The monoisotopic (exact) mass is 569 g/mol. The van der Waals surface area contributed by atoms with Crippen molar-refractivity contribution in [1.29, 1.82) is 0 Å². The molecule has 218 valence electrons. The maximum absolute atomic E-state index is 12.9. The minimum absolute atomic E-state index is 0.0261. The summed E-state index contributed by atoms with van der Waals surface area (Å²) in [6, 6.07) is 7.09. The zero-order valence-corrected chi connectivity index (χ0v) is 22.3. The van der Waals surface area contributed by atoms with Crippen LogP contribution < -0.4 is 14.8 Å². The molecule has 0 aliphatic rings. The third-order valence-electron chi connectivity index (χ3n) is 5.39. The second kappa shape index (κ2) is 14.2. The molecule has 0 bridgehead atoms. The molecule has 0 aliphatic carbocycles. The Hall–Kier alpha value is -4.29. The molecule has 2 rings (SSSR count). The summed E-state index contributed by atoms with van der Waals surface area (Å²) in [4.78, 5) is 47.0. The van der Waals surface area contributed by atoms with Crippen LogP contribution in [0.15, 0.2) is 30.3 Å². The highest BCUT2D eigenvalue weighted by atomic mass is 19.4. The number of anilines is 1. The first kappa shape index (κ1) is 31.9. The quantitative estimate of drug-likeness (QED) is 0.218. The molecule has 1 unspecified atom stereocenters. The Morgan fingerprint density at radius 3 is 2.30 bits per heavy atom. The van der Waals surface area contributed by atoms with Gasteiger partial charge in [-0.3, -0.25) is 14.4 Å². The van der Waals surface area contributed by atoms with Crippen molar-refractivity contribution >= 4 is 29.3 Å². The summed E-state index contributed by atoms with van der Waals surface area (Å²) in [5.41, 5.74) is 0.513. The SMILES string of the molecule is CCOC(=O)C(=O)Nc1cc(OCC(COc2ccc(C(C)=O)c(O)c2CCC(F)(F)F)OC(C)=O)ccc1C. The lowest BCUT2D eigenvalue weighted by molar-refractivity contribution is -0.152. The molecule has 13 heteroatoms. The lowest BCUT2D eigenvalue weighted by Crippen LogP contribution is -2.30. The van der Waals surface area contributed by atoms with Crippen LogP contribution in [0, 0.1) is 6.92 Å². The van der Waals surface area contributed by atoms with Crippen LogP contribution in [0.4, 0.5) is 18.9 Å². The fourth-order valence-corrected chi connectivity index (χ4v) is 3.46. The Balaban J connectivity index is 2.18. The highest BCUT2D eigenvalue weighted by molar-refractivity contribution is 6.37. The Kier molecular flexibility index (Phi) is 11.3. The van der Waals surface area contributed by atoms with E-state index in [1.807, 2.05) is 0 Å². The van der Waals surface area contributed by atoms with Gasteiger partial charge in [-0.2, -0.15) is 13.2 Å². The standard InChI is InChI=1S/C27H30F3NO9/c1-5-37-26(36)25(35)31-22-12-18(7-6-15(22)2)38-13-19(40-17(4)33)14-39-23-9-8-20(16(3)32)24(34)21(23)10-11-27(28,29)30/h6-9,12,19,34H,5,10-11,13-14H2,1-4H3,(H,31,35). The highest BCUT2D eigenvalue weighted by Crippen LogP contribution is 2.35. The van der Waals surface area contributed by atoms with Gasteiger partial charge in [0.15, 0.2) is 11.9 Å². The van der Waals surface area contributed by atoms with Gasteiger partial charge >= 0.3 is 24.0 Å². The van der Waals surface area contributed by atoms with E-state index in [4.69, 9.17) is 14.2 Å². The van der Waals surface area contributed by atoms with E-state index in [0.29, 0.717) is 5.56 Å². The van der Waals surface area contributed by atoms with Crippen LogP contribution in [0.25, 0.3) is 0 Å². The van der Waals surface area contributed by atoms with Crippen LogP contribution in [0.1, 0.15) is 48.7 Å². The predicted octanol–water partition coefficient (Wildman–Crippen LogP) is 4.29. The van der Waals surface area contributed by atoms with E-state index >= 15 is 0 Å². The van der Waals surface area contributed by atoms with Crippen LogP contribution in [-0.2, 0) is 30.3 Å². The van der Waals surface area contributed by atoms with Gasteiger partial charge in [0.2, 0.25) is 0 Å². The van der Waals surface area contributed by atoms with Crippen LogP contribution in [0.5, 0.6) is 17.2 Å². The molecule has 0 fully saturated rings. The van der Waals surface area contributed by atoms with Crippen molar-refractivity contribution in [1.82, 2.24) is 0 Å². The van der Waals surface area contributed by atoms with Gasteiger partial charge < -0.3 is 29.4 Å². The molecular weight excluding hydrogens is 539 g/mol. The predicted molar refractivity (Wildman–Crippen MR) is 135 cm³/mol. The molecule has 0 saturated heterocycles. The van der Waals surface area contributed by atoms with Gasteiger partial charge in [0.1, 0.15) is 30.5 Å². The molecule has 1 atom stereocenters. The maximum Gasteiger partial charge on any atom is 0.397 e. The van der Waals surface area contributed by atoms with E-state index in [0.717, 1.165) is 13.8 Å². The van der Waals surface area contributed by atoms with E-state index in [1.165, 1.54) is 18.2 Å². The normalized spacial score (nSPS) is 11.8. The number of carbonyl (C=O) groups is 4. The van der Waals surface area contributed by atoms with Crippen molar-refractivity contribution in [2.75, 3.05) is 25.1 Å². The van der Waals surface area contributed by atoms with Crippen molar-refractivity contribution < 1.29 is 56.4 Å². The fourth-order valence-electron chi connectivity index (χ4n) is 3.46. The molecule has 10 nitrogen and oxygen atoms in total. The number of ether oxygens (including phenoxy) is 4. The van der Waals surface area contributed by atoms with E-state index < -0.39 is 54.5 Å². The Labute approximate surface area is 228 Å². The van der Waals surface area contributed by atoms with Gasteiger partial charge in [0.05, 0.1) is 12.2 Å². The third-order valence-corrected chi connectivity index (χ3v) is 5.39. The number of rotatable bonds is 12. The minimum atomic E-state index is -4.52. The van der Waals surface area contributed by atoms with Crippen molar-refractivity contribution in [3.8, 4) is 17.2 Å². The largest absolute Gasteiger partial charge is 0.507 e. The van der Waals surface area contributed by atoms with Gasteiger partial charge in [-0.25, -0.2) is 4.79 Å². The van der Waals surface area contributed by atoms with Crippen LogP contribution >= 0.6 is 0 Å². The number of esters is 2. The first-order valence-electron chi connectivity index (χ1n) is 12.2. The van der Waals surface area contributed by atoms with Crippen molar-refractivity contribution in [2.45, 2.75) is 52.8 Å². The summed E-state index contributed by atoms with van der Waals surface area (Å²) in [7, 11) is 0. The van der Waals surface area contributed by atoms with Crippen molar-refractivity contribution in [2.24, 2.45) is 0 Å². The summed E-state index contributed by atoms with van der Waals surface area (Å²) in [5.74, 6) is -3.77. The lowest BCUT2D eigenvalue weighted by atomic mass is 10.0. The number of amides is 1. The van der Waals surface area contributed by atoms with Gasteiger partial charge in [0.25, 0.3) is 0 Å². The van der Waals surface area contributed by atoms with Gasteiger partial charge in [0, 0.05) is 30.7 Å². The third kappa shape index (κ3) is 9.79. The van der Waals surface area contributed by atoms with Gasteiger partial charge in [-0.05, 0) is 51.0 Å². The summed E-state index contributed by atoms with van der Waals surface area (Å²) >= 11 is 0. The molecule has 0 aliphatic heterocycles. The molecule has 0 heterocycles. The summed E-state index contributed by atoms with van der Waals surface area (Å²) in [6.45, 7) is 4.95. The second-order valence-electron chi connectivity index (χ2n) is 8.61. The van der Waals surface area contributed by atoms with Crippen LogP contribution in [0.2, 0.25) is 0 Å². The number of aromatic hydroxyl groups is 1. The van der Waals surface area contributed by atoms with E-state index in [1.54, 1.807) is 26.0 Å². The summed E-state index contributed by atoms with van der Waals surface area (Å²) in [6.07, 6.45) is -7.48. The number of aryl methyl sites for hydroxylation is 1. The minimum Gasteiger partial charge on any atom is -0.507 e. The second-order valence-corrected chi connectivity index (χ2v) is 8.61. The number of halogens is 3. The molecular formula is C27H30F3NO9. The maximum atomic E-state index is 12.9. The number of alkyl halides is 3. The van der Waals surface area contributed by atoms with E-state index in [-0.39, 0.29) is 48.1 Å². The number of nitrogens with one attached hydrogen (secondary N) is 1. The first-order chi connectivity index (χ1) is 18.7. The number of phenolic OH excluding ortho intramolecular Hbond substituents is 1. The van der Waals surface area contributed by atoms with Crippen molar-refractivity contribution in [3.63, 3.8) is 0 Å². The molecule has 1 amide bonds. The zero-order chi connectivity index (χ0) is 30.0. The number of carbonyl (C=O) groups excluding carboxylic acids is 4. The smallest absolute Gasteiger partial charge is 0.397 e. The topological polar surface area (TPSA) is 137 Å². The van der Waals surface area contributed by atoms with Gasteiger partial charge in [-0.15, -0.1) is 0 Å². The molecule has 0 aromatic heterocycles. The lowest BCUT2D eigenvalue weighted by Gasteiger charge is -2.21. The Morgan fingerprint density at radius 1 is 1.02 bits per heavy atom. The van der Waals surface area contributed by atoms with E-state index in [2.05, 4.69) is 10.1 Å². The molecule has 2 N–H and O–H groups in total. The average Bonchev–Trinajstić information content (AvgIpc) is 2.85. The number of phenols is 1. The van der Waals surface area contributed by atoms with Crippen LogP contribution in [0.3, 0.4) is 0 Å². The van der Waals surface area contributed by atoms with E-state index in [9.17, 15) is 37.5 Å². The molecule has 0 radical (unpaired) electrons. The zero-order valence-electron chi connectivity index (χ0n) is 22.3. The summed E-state index contributed by atoms with van der Waals surface area (Å²) in [5, 5.41) is 12.9. The Morgan fingerprint density at radius 2 is 1.70 bits per heavy atom.